The summed E-state index contributed by atoms with van der Waals surface area (Å²) in [6.07, 6.45) is 2.94. The lowest BCUT2D eigenvalue weighted by Crippen LogP contribution is -2.43. The Labute approximate surface area is 206 Å². The van der Waals surface area contributed by atoms with E-state index in [0.717, 1.165) is 50.0 Å². The third kappa shape index (κ3) is 5.38. The summed E-state index contributed by atoms with van der Waals surface area (Å²) in [6.45, 7) is 3.08. The second-order valence-electron chi connectivity index (χ2n) is 9.75. The number of nitrogens with zero attached hydrogens (tertiary/aromatic N) is 1. The van der Waals surface area contributed by atoms with Gasteiger partial charge in [-0.05, 0) is 67.5 Å². The molecule has 0 aromatic heterocycles. The molecule has 35 heavy (non-hydrogen) atoms. The van der Waals surface area contributed by atoms with E-state index in [1.54, 1.807) is 42.5 Å². The van der Waals surface area contributed by atoms with Gasteiger partial charge in [-0.15, -0.1) is 0 Å². The van der Waals surface area contributed by atoms with Crippen molar-refractivity contribution >= 4 is 21.4 Å². The summed E-state index contributed by atoms with van der Waals surface area (Å²) >= 11 is 0. The predicted octanol–water partition coefficient (Wildman–Crippen LogP) is 1.86. The first kappa shape index (κ1) is 24.2. The first-order chi connectivity index (χ1) is 16.9. The number of carbonyl (C=O) groups is 1. The summed E-state index contributed by atoms with van der Waals surface area (Å²) in [4.78, 5) is 15.3. The fourth-order valence-corrected chi connectivity index (χ4v) is 6.74. The van der Waals surface area contributed by atoms with E-state index in [-0.39, 0.29) is 27.8 Å². The molecule has 3 aliphatic rings. The Hall–Kier alpha value is -2.46. The molecule has 2 saturated heterocycles. The standard InChI is InChI=1S/C26H33N3O5S/c30-21-6-9-24-19(14-21)15-25(28-24)26(31)27-17-18-4-7-22(8-5-18)35(32,33)23-3-1-2-20(16-23)29-10-12-34-13-11-29/h1-5,7-8,16,19,21,24-25,28,30H,6,9-15,17H2,(H,27,31). The molecule has 3 N–H and O–H groups in total. The molecule has 2 heterocycles. The highest BCUT2D eigenvalue weighted by atomic mass is 32.2. The molecule has 4 unspecified atom stereocenters. The number of hydrogen-bond donors (Lipinski definition) is 3. The van der Waals surface area contributed by atoms with Crippen LogP contribution in [0.3, 0.4) is 0 Å². The van der Waals surface area contributed by atoms with Crippen LogP contribution in [0, 0.1) is 5.92 Å². The van der Waals surface area contributed by atoms with Crippen molar-refractivity contribution in [3.05, 3.63) is 54.1 Å². The summed E-state index contributed by atoms with van der Waals surface area (Å²) in [5, 5.41) is 16.3. The lowest BCUT2D eigenvalue weighted by molar-refractivity contribution is -0.123. The number of sulfone groups is 1. The number of benzene rings is 2. The summed E-state index contributed by atoms with van der Waals surface area (Å²) in [5.74, 6) is 0.297. The number of amides is 1. The van der Waals surface area contributed by atoms with Crippen LogP contribution in [0.25, 0.3) is 0 Å². The van der Waals surface area contributed by atoms with Gasteiger partial charge in [0, 0.05) is 31.4 Å². The molecule has 2 aromatic rings. The van der Waals surface area contributed by atoms with Gasteiger partial charge in [-0.25, -0.2) is 8.42 Å². The minimum Gasteiger partial charge on any atom is -0.393 e. The van der Waals surface area contributed by atoms with Gasteiger partial charge in [-0.1, -0.05) is 18.2 Å². The third-order valence-electron chi connectivity index (χ3n) is 7.43. The summed E-state index contributed by atoms with van der Waals surface area (Å²) in [6, 6.07) is 13.8. The third-order valence-corrected chi connectivity index (χ3v) is 9.20. The number of nitrogens with one attached hydrogen (secondary N) is 2. The van der Waals surface area contributed by atoms with Gasteiger partial charge < -0.3 is 25.4 Å². The second kappa shape index (κ2) is 10.3. The number of aliphatic hydroxyl groups excluding tert-OH is 1. The normalized spacial score (nSPS) is 26.8. The van der Waals surface area contributed by atoms with Crippen LogP contribution in [-0.4, -0.2) is 63.9 Å². The van der Waals surface area contributed by atoms with Gasteiger partial charge in [0.05, 0.1) is 35.2 Å². The van der Waals surface area contributed by atoms with Crippen molar-refractivity contribution in [2.75, 3.05) is 31.2 Å². The molecular weight excluding hydrogens is 466 g/mol. The maximum Gasteiger partial charge on any atom is 0.237 e. The highest BCUT2D eigenvalue weighted by molar-refractivity contribution is 7.91. The molecule has 8 nitrogen and oxygen atoms in total. The summed E-state index contributed by atoms with van der Waals surface area (Å²) in [7, 11) is -3.65. The van der Waals surface area contributed by atoms with Crippen LogP contribution in [0.2, 0.25) is 0 Å². The van der Waals surface area contributed by atoms with Gasteiger partial charge in [0.15, 0.2) is 0 Å². The van der Waals surface area contributed by atoms with Crippen LogP contribution in [0.4, 0.5) is 5.69 Å². The van der Waals surface area contributed by atoms with Crippen LogP contribution in [0.15, 0.2) is 58.3 Å². The minimum absolute atomic E-state index is 0.0504. The lowest BCUT2D eigenvalue weighted by atomic mass is 9.83. The molecule has 5 rings (SSSR count). The highest BCUT2D eigenvalue weighted by Crippen LogP contribution is 2.33. The Morgan fingerprint density at radius 1 is 1.06 bits per heavy atom. The first-order valence-electron chi connectivity index (χ1n) is 12.4. The van der Waals surface area contributed by atoms with E-state index >= 15 is 0 Å². The average Bonchev–Trinajstić information content (AvgIpc) is 3.31. The number of ether oxygens (including phenoxy) is 1. The van der Waals surface area contributed by atoms with Crippen molar-refractivity contribution in [3.8, 4) is 0 Å². The Bertz CT molecular complexity index is 1150. The predicted molar refractivity (Wildman–Crippen MR) is 132 cm³/mol. The molecule has 188 valence electrons. The van der Waals surface area contributed by atoms with Crippen LogP contribution >= 0.6 is 0 Å². The molecule has 1 saturated carbocycles. The molecule has 9 heteroatoms. The molecular formula is C26H33N3O5S. The smallest absolute Gasteiger partial charge is 0.237 e. The number of fused-ring (bicyclic) bond motifs is 1. The van der Waals surface area contributed by atoms with E-state index in [1.165, 1.54) is 0 Å². The van der Waals surface area contributed by atoms with Crippen molar-refractivity contribution in [2.24, 2.45) is 5.92 Å². The van der Waals surface area contributed by atoms with Crippen molar-refractivity contribution in [2.45, 2.75) is 60.2 Å². The molecule has 2 aliphatic heterocycles. The largest absolute Gasteiger partial charge is 0.393 e. The monoisotopic (exact) mass is 499 g/mol. The molecule has 1 amide bonds. The molecule has 0 bridgehead atoms. The van der Waals surface area contributed by atoms with Crippen LogP contribution in [0.1, 0.15) is 31.2 Å². The molecule has 1 aliphatic carbocycles. The maximum atomic E-state index is 13.2. The van der Waals surface area contributed by atoms with Crippen molar-refractivity contribution in [1.82, 2.24) is 10.6 Å². The molecule has 3 fully saturated rings. The van der Waals surface area contributed by atoms with E-state index in [1.807, 2.05) is 6.07 Å². The van der Waals surface area contributed by atoms with Crippen LogP contribution in [0.5, 0.6) is 0 Å². The van der Waals surface area contributed by atoms with E-state index < -0.39 is 9.84 Å². The zero-order valence-electron chi connectivity index (χ0n) is 19.7. The van der Waals surface area contributed by atoms with Crippen LogP contribution in [-0.2, 0) is 25.9 Å². The molecule has 2 aromatic carbocycles. The van der Waals surface area contributed by atoms with Crippen molar-refractivity contribution < 1.29 is 23.1 Å². The lowest BCUT2D eigenvalue weighted by Gasteiger charge is -2.29. The number of morpholine rings is 1. The quantitative estimate of drug-likeness (QED) is 0.557. The zero-order chi connectivity index (χ0) is 24.4. The fraction of sp³-hybridized carbons (Fsp3) is 0.500. The van der Waals surface area contributed by atoms with E-state index in [0.29, 0.717) is 31.7 Å². The van der Waals surface area contributed by atoms with Crippen molar-refractivity contribution in [1.29, 1.82) is 0 Å². The molecule has 0 radical (unpaired) electrons. The van der Waals surface area contributed by atoms with Crippen molar-refractivity contribution in [3.63, 3.8) is 0 Å². The molecule has 0 spiro atoms. The topological polar surface area (TPSA) is 108 Å². The number of anilines is 1. The number of carbonyl (C=O) groups excluding carboxylic acids is 1. The Morgan fingerprint density at radius 2 is 1.83 bits per heavy atom. The maximum absolute atomic E-state index is 13.2. The van der Waals surface area contributed by atoms with Gasteiger partial charge in [0.1, 0.15) is 0 Å². The summed E-state index contributed by atoms with van der Waals surface area (Å²) < 4.78 is 31.8. The minimum atomic E-state index is -3.65. The van der Waals surface area contributed by atoms with Gasteiger partial charge >= 0.3 is 0 Å². The summed E-state index contributed by atoms with van der Waals surface area (Å²) in [5.41, 5.74) is 1.72. The Morgan fingerprint density at radius 3 is 2.60 bits per heavy atom. The van der Waals surface area contributed by atoms with E-state index in [9.17, 15) is 18.3 Å². The molecule has 4 atom stereocenters. The second-order valence-corrected chi connectivity index (χ2v) is 11.7. The fourth-order valence-electron chi connectivity index (χ4n) is 5.43. The highest BCUT2D eigenvalue weighted by Gasteiger charge is 2.40. The van der Waals surface area contributed by atoms with Gasteiger partial charge in [-0.2, -0.15) is 0 Å². The van der Waals surface area contributed by atoms with E-state index in [4.69, 9.17) is 4.74 Å². The van der Waals surface area contributed by atoms with E-state index in [2.05, 4.69) is 15.5 Å². The van der Waals surface area contributed by atoms with Gasteiger partial charge in [0.25, 0.3) is 0 Å². The SMILES string of the molecule is O=C(NCc1ccc(S(=O)(=O)c2cccc(N3CCOCC3)c2)cc1)C1CC2CC(O)CCC2N1. The van der Waals surface area contributed by atoms with Gasteiger partial charge in [0.2, 0.25) is 15.7 Å². The van der Waals surface area contributed by atoms with Crippen LogP contribution < -0.4 is 15.5 Å². The Kier molecular flexibility index (Phi) is 7.11. The van der Waals surface area contributed by atoms with Gasteiger partial charge in [-0.3, -0.25) is 4.79 Å². The first-order valence-corrected chi connectivity index (χ1v) is 13.9. The Balaban J connectivity index is 1.20. The zero-order valence-corrected chi connectivity index (χ0v) is 20.5. The average molecular weight is 500 g/mol. The number of hydrogen-bond acceptors (Lipinski definition) is 7. The number of rotatable bonds is 6. The number of aliphatic hydroxyl groups is 1.